The lowest BCUT2D eigenvalue weighted by Crippen LogP contribution is -2.07. The molecule has 0 radical (unpaired) electrons. The molecular formula is C19H21NO2. The fourth-order valence-corrected chi connectivity index (χ4v) is 2.14. The Hall–Kier alpha value is -2.55. The van der Waals surface area contributed by atoms with Gasteiger partial charge in [-0.1, -0.05) is 30.9 Å². The van der Waals surface area contributed by atoms with E-state index in [1.807, 2.05) is 56.3 Å². The van der Waals surface area contributed by atoms with E-state index in [2.05, 4.69) is 6.58 Å². The van der Waals surface area contributed by atoms with Crippen molar-refractivity contribution in [1.82, 2.24) is 0 Å². The van der Waals surface area contributed by atoms with E-state index in [0.29, 0.717) is 12.5 Å². The van der Waals surface area contributed by atoms with E-state index >= 15 is 0 Å². The smallest absolute Gasteiger partial charge is 0.221 e. The predicted molar refractivity (Wildman–Crippen MR) is 91.3 cm³/mol. The monoisotopic (exact) mass is 295 g/mol. The fourth-order valence-electron chi connectivity index (χ4n) is 2.14. The van der Waals surface area contributed by atoms with E-state index < -0.39 is 0 Å². The minimum absolute atomic E-state index is 0.412. The molecule has 0 fully saturated rings. The van der Waals surface area contributed by atoms with Gasteiger partial charge >= 0.3 is 0 Å². The summed E-state index contributed by atoms with van der Waals surface area (Å²) >= 11 is 0. The van der Waals surface area contributed by atoms with Crippen molar-refractivity contribution >= 4 is 11.6 Å². The lowest BCUT2D eigenvalue weighted by atomic mass is 10.1. The third kappa shape index (κ3) is 3.76. The Morgan fingerprint density at radius 1 is 1.09 bits per heavy atom. The number of hydrogen-bond acceptors (Lipinski definition) is 3. The molecule has 0 unspecified atom stereocenters. The van der Waals surface area contributed by atoms with Crippen molar-refractivity contribution in [2.45, 2.75) is 13.8 Å². The second-order valence-electron chi connectivity index (χ2n) is 4.99. The number of rotatable bonds is 5. The number of hydrogen-bond donors (Lipinski definition) is 0. The van der Waals surface area contributed by atoms with Gasteiger partial charge in [-0.05, 0) is 49.2 Å². The third-order valence-electron chi connectivity index (χ3n) is 3.33. The van der Waals surface area contributed by atoms with Gasteiger partial charge in [0.15, 0.2) is 0 Å². The zero-order chi connectivity index (χ0) is 15.9. The van der Waals surface area contributed by atoms with Crippen LogP contribution in [0.2, 0.25) is 0 Å². The van der Waals surface area contributed by atoms with Crippen LogP contribution in [0.3, 0.4) is 0 Å². The Labute approximate surface area is 131 Å². The normalized spacial score (nSPS) is 11.1. The van der Waals surface area contributed by atoms with Crippen LogP contribution in [0.15, 0.2) is 60.1 Å². The lowest BCUT2D eigenvalue weighted by Gasteiger charge is -2.11. The minimum atomic E-state index is 0.412. The topological polar surface area (TPSA) is 30.8 Å². The molecule has 0 N–H and O–H groups in total. The molecule has 0 heterocycles. The van der Waals surface area contributed by atoms with Crippen molar-refractivity contribution in [1.29, 1.82) is 0 Å². The first-order valence-electron chi connectivity index (χ1n) is 7.18. The van der Waals surface area contributed by atoms with Gasteiger partial charge in [-0.2, -0.15) is 0 Å². The highest BCUT2D eigenvalue weighted by atomic mass is 16.5. The molecular weight excluding hydrogens is 274 g/mol. The molecule has 2 rings (SSSR count). The van der Waals surface area contributed by atoms with Crippen LogP contribution < -0.4 is 4.74 Å². The summed E-state index contributed by atoms with van der Waals surface area (Å²) in [5, 5.41) is 0. The van der Waals surface area contributed by atoms with E-state index in [-0.39, 0.29) is 0 Å². The molecule has 22 heavy (non-hydrogen) atoms. The number of aliphatic imine (C=N–C) groups is 1. The van der Waals surface area contributed by atoms with Crippen molar-refractivity contribution in [2.75, 3.05) is 13.7 Å². The van der Waals surface area contributed by atoms with Crippen LogP contribution in [-0.2, 0) is 4.74 Å². The zero-order valence-corrected chi connectivity index (χ0v) is 13.3. The Kier molecular flexibility index (Phi) is 5.37. The molecule has 0 aliphatic rings. The molecule has 3 heteroatoms. The maximum Gasteiger partial charge on any atom is 0.221 e. The second-order valence-corrected chi connectivity index (χ2v) is 4.99. The van der Waals surface area contributed by atoms with E-state index in [1.165, 1.54) is 0 Å². The molecule has 2 aromatic rings. The van der Waals surface area contributed by atoms with Crippen LogP contribution in [-0.4, -0.2) is 19.6 Å². The summed E-state index contributed by atoms with van der Waals surface area (Å²) in [6.07, 6.45) is 1.71. The molecule has 0 aliphatic heterocycles. The Balaban J connectivity index is 2.44. The first-order chi connectivity index (χ1) is 10.7. The molecule has 0 saturated carbocycles. The van der Waals surface area contributed by atoms with Crippen LogP contribution >= 0.6 is 0 Å². The summed E-state index contributed by atoms with van der Waals surface area (Å²) in [7, 11) is 1.65. The first-order valence-corrected chi connectivity index (χ1v) is 7.18. The molecule has 0 atom stereocenters. The molecule has 0 bridgehead atoms. The zero-order valence-electron chi connectivity index (χ0n) is 13.3. The number of benzene rings is 2. The molecule has 3 nitrogen and oxygen atoms in total. The average Bonchev–Trinajstić information content (AvgIpc) is 2.54. The second kappa shape index (κ2) is 7.46. The summed E-state index contributed by atoms with van der Waals surface area (Å²) in [5.74, 6) is 1.39. The van der Waals surface area contributed by atoms with Crippen molar-refractivity contribution in [3.05, 3.63) is 71.8 Å². The maximum atomic E-state index is 5.76. The summed E-state index contributed by atoms with van der Waals surface area (Å²) in [5.41, 5.74) is 4.09. The predicted octanol–water partition coefficient (Wildman–Crippen LogP) is 4.59. The van der Waals surface area contributed by atoms with Gasteiger partial charge in [-0.25, -0.2) is 4.99 Å². The van der Waals surface area contributed by atoms with Crippen molar-refractivity contribution in [3.8, 4) is 5.75 Å². The highest BCUT2D eigenvalue weighted by Crippen LogP contribution is 2.24. The minimum Gasteiger partial charge on any atom is -0.497 e. The van der Waals surface area contributed by atoms with E-state index in [9.17, 15) is 0 Å². The van der Waals surface area contributed by atoms with Crippen LogP contribution in [0.4, 0.5) is 5.69 Å². The summed E-state index contributed by atoms with van der Waals surface area (Å²) in [6.45, 7) is 8.20. The highest BCUT2D eigenvalue weighted by Gasteiger charge is 2.08. The summed E-state index contributed by atoms with van der Waals surface area (Å²) in [4.78, 5) is 4.73. The van der Waals surface area contributed by atoms with Crippen molar-refractivity contribution in [3.63, 3.8) is 0 Å². The van der Waals surface area contributed by atoms with Gasteiger partial charge in [-0.15, -0.1) is 0 Å². The number of nitrogens with zero attached hydrogens (tertiary/aromatic N) is 1. The lowest BCUT2D eigenvalue weighted by molar-refractivity contribution is 0.352. The number of ether oxygens (including phenoxy) is 2. The Bertz CT molecular complexity index is 652. The van der Waals surface area contributed by atoms with Gasteiger partial charge in [0.05, 0.1) is 12.8 Å². The average molecular weight is 295 g/mol. The van der Waals surface area contributed by atoms with Crippen molar-refractivity contribution in [2.24, 2.45) is 4.99 Å². The summed E-state index contributed by atoms with van der Waals surface area (Å²) < 4.78 is 10.9. The number of aryl methyl sites for hydroxylation is 2. The third-order valence-corrected chi connectivity index (χ3v) is 3.33. The molecule has 0 spiro atoms. The van der Waals surface area contributed by atoms with Gasteiger partial charge in [0.2, 0.25) is 5.90 Å². The van der Waals surface area contributed by atoms with E-state index in [1.54, 1.807) is 13.2 Å². The SMILES string of the molecule is C=CCOC(=Nc1c(C)cccc1C)c1ccc(OC)cc1. The van der Waals surface area contributed by atoms with Gasteiger partial charge in [0, 0.05) is 5.56 Å². The van der Waals surface area contributed by atoms with Gasteiger partial charge in [-0.3, -0.25) is 0 Å². The Morgan fingerprint density at radius 3 is 2.27 bits per heavy atom. The van der Waals surface area contributed by atoms with Gasteiger partial charge in [0.25, 0.3) is 0 Å². The van der Waals surface area contributed by atoms with Gasteiger partial charge in [0.1, 0.15) is 12.4 Å². The molecule has 2 aromatic carbocycles. The molecule has 0 aliphatic carbocycles. The number of para-hydroxylation sites is 1. The summed E-state index contributed by atoms with van der Waals surface area (Å²) in [6, 6.07) is 13.8. The molecule has 114 valence electrons. The molecule has 0 aromatic heterocycles. The molecule has 0 saturated heterocycles. The van der Waals surface area contributed by atoms with E-state index in [0.717, 1.165) is 28.1 Å². The quantitative estimate of drug-likeness (QED) is 0.459. The number of methoxy groups -OCH3 is 1. The Morgan fingerprint density at radius 2 is 1.73 bits per heavy atom. The fraction of sp³-hybridized carbons (Fsp3) is 0.211. The van der Waals surface area contributed by atoms with Crippen LogP contribution in [0.1, 0.15) is 16.7 Å². The maximum absolute atomic E-state index is 5.76. The standard InChI is InChI=1S/C19H21NO2/c1-5-13-22-19(16-9-11-17(21-4)12-10-16)20-18-14(2)7-6-8-15(18)3/h5-12H,1,13H2,2-4H3. The largest absolute Gasteiger partial charge is 0.497 e. The van der Waals surface area contributed by atoms with Crippen LogP contribution in [0, 0.1) is 13.8 Å². The van der Waals surface area contributed by atoms with Gasteiger partial charge < -0.3 is 9.47 Å². The first kappa shape index (κ1) is 15.8. The van der Waals surface area contributed by atoms with Crippen LogP contribution in [0.25, 0.3) is 0 Å². The van der Waals surface area contributed by atoms with Crippen LogP contribution in [0.5, 0.6) is 5.75 Å². The van der Waals surface area contributed by atoms with E-state index in [4.69, 9.17) is 14.5 Å². The molecule has 0 amide bonds. The van der Waals surface area contributed by atoms with Crippen molar-refractivity contribution < 1.29 is 9.47 Å². The highest BCUT2D eigenvalue weighted by molar-refractivity contribution is 5.96.